The number of benzene rings is 2. The monoisotopic (exact) mass is 434 g/mol. The van der Waals surface area contributed by atoms with Gasteiger partial charge in [0.15, 0.2) is 11.7 Å². The van der Waals surface area contributed by atoms with E-state index in [4.69, 9.17) is 5.73 Å². The van der Waals surface area contributed by atoms with Gasteiger partial charge < -0.3 is 10.6 Å². The molecule has 2 N–H and O–H groups in total. The molecule has 32 heavy (non-hydrogen) atoms. The molecule has 1 aliphatic rings. The average molecular weight is 435 g/mol. The number of amidine groups is 2. The summed E-state index contributed by atoms with van der Waals surface area (Å²) in [6.07, 6.45) is 1.59. The number of hydrazone groups is 2. The highest BCUT2D eigenvalue weighted by molar-refractivity contribution is 6.15. The van der Waals surface area contributed by atoms with Crippen LogP contribution in [0.25, 0.3) is 0 Å². The Kier molecular flexibility index (Phi) is 7.25. The maximum Gasteiger partial charge on any atom is 0.347 e. The van der Waals surface area contributed by atoms with Gasteiger partial charge in [-0.3, -0.25) is 0 Å². The van der Waals surface area contributed by atoms with Crippen LogP contribution in [0.1, 0.15) is 51.7 Å². The Morgan fingerprint density at radius 2 is 1.22 bits per heavy atom. The fourth-order valence-corrected chi connectivity index (χ4v) is 3.50. The SMILES string of the molecule is CCC(C)N(C(=O)N1N=C(c2ccccc2)N(C(N)=O)N=C1c1ccccc1)C(C)CC. The van der Waals surface area contributed by atoms with Crippen LogP contribution in [-0.4, -0.2) is 50.7 Å². The van der Waals surface area contributed by atoms with E-state index >= 15 is 0 Å². The summed E-state index contributed by atoms with van der Waals surface area (Å²) in [6.45, 7) is 8.13. The molecule has 0 bridgehead atoms. The normalized spacial score (nSPS) is 15.5. The number of hydrogen-bond donors (Lipinski definition) is 1. The zero-order valence-electron chi connectivity index (χ0n) is 19.0. The van der Waals surface area contributed by atoms with Gasteiger partial charge in [0.25, 0.3) is 0 Å². The van der Waals surface area contributed by atoms with Crippen LogP contribution < -0.4 is 5.73 Å². The fraction of sp³-hybridized carbons (Fsp3) is 0.333. The summed E-state index contributed by atoms with van der Waals surface area (Å²) in [5.74, 6) is 0.435. The molecule has 0 radical (unpaired) electrons. The Morgan fingerprint density at radius 3 is 1.62 bits per heavy atom. The van der Waals surface area contributed by atoms with Crippen molar-refractivity contribution < 1.29 is 9.59 Å². The Bertz CT molecular complexity index is 996. The van der Waals surface area contributed by atoms with Crippen molar-refractivity contribution in [1.29, 1.82) is 0 Å². The van der Waals surface area contributed by atoms with Gasteiger partial charge >= 0.3 is 12.1 Å². The number of carbonyl (C=O) groups excluding carboxylic acids is 2. The third kappa shape index (κ3) is 4.64. The summed E-state index contributed by atoms with van der Waals surface area (Å²) in [7, 11) is 0. The maximum atomic E-state index is 13.9. The largest absolute Gasteiger partial charge is 0.350 e. The van der Waals surface area contributed by atoms with E-state index in [2.05, 4.69) is 10.2 Å². The van der Waals surface area contributed by atoms with Crippen molar-refractivity contribution in [2.45, 2.75) is 52.6 Å². The fourth-order valence-electron chi connectivity index (χ4n) is 3.50. The van der Waals surface area contributed by atoms with E-state index in [0.29, 0.717) is 11.1 Å². The van der Waals surface area contributed by atoms with Crippen molar-refractivity contribution in [1.82, 2.24) is 14.9 Å². The van der Waals surface area contributed by atoms with E-state index < -0.39 is 6.03 Å². The molecule has 2 atom stereocenters. The van der Waals surface area contributed by atoms with Gasteiger partial charge in [-0.1, -0.05) is 74.5 Å². The standard InChI is InChI=1S/C24H30N6O2/c1-5-17(3)28(18(4)6-2)24(32)30-22(20-15-11-8-12-16-20)26-29(23(25)31)21(27-30)19-13-9-7-10-14-19/h7-18H,5-6H2,1-4H3,(H2,25,31). The van der Waals surface area contributed by atoms with Crippen molar-refractivity contribution in [3.8, 4) is 0 Å². The van der Waals surface area contributed by atoms with Crippen molar-refractivity contribution in [3.63, 3.8) is 0 Å². The molecule has 2 unspecified atom stereocenters. The molecule has 2 aromatic carbocycles. The topological polar surface area (TPSA) is 94.6 Å². The summed E-state index contributed by atoms with van der Waals surface area (Å²) in [5, 5.41) is 11.4. The van der Waals surface area contributed by atoms with Gasteiger partial charge in [0.05, 0.1) is 0 Å². The van der Waals surface area contributed by atoms with Gasteiger partial charge in [-0.05, 0) is 26.7 Å². The number of primary amides is 1. The van der Waals surface area contributed by atoms with Crippen LogP contribution in [0.2, 0.25) is 0 Å². The van der Waals surface area contributed by atoms with Crippen LogP contribution in [-0.2, 0) is 0 Å². The number of nitrogens with zero attached hydrogens (tertiary/aromatic N) is 5. The van der Waals surface area contributed by atoms with Crippen LogP contribution in [0.5, 0.6) is 0 Å². The lowest BCUT2D eigenvalue weighted by molar-refractivity contribution is 0.129. The lowest BCUT2D eigenvalue weighted by Crippen LogP contribution is -2.54. The zero-order valence-corrected chi connectivity index (χ0v) is 19.0. The first kappa shape index (κ1) is 23.0. The highest BCUT2D eigenvalue weighted by Gasteiger charge is 2.36. The summed E-state index contributed by atoms with van der Waals surface area (Å²) in [5.41, 5.74) is 6.91. The molecule has 2 aromatic rings. The lowest BCUT2D eigenvalue weighted by atomic mass is 10.1. The quantitative estimate of drug-likeness (QED) is 0.728. The number of hydrogen-bond acceptors (Lipinski definition) is 4. The third-order valence-corrected chi connectivity index (χ3v) is 5.60. The van der Waals surface area contributed by atoms with Crippen molar-refractivity contribution in [3.05, 3.63) is 71.8 Å². The van der Waals surface area contributed by atoms with Gasteiger partial charge in [-0.25, -0.2) is 9.59 Å². The van der Waals surface area contributed by atoms with Crippen LogP contribution in [0.4, 0.5) is 9.59 Å². The third-order valence-electron chi connectivity index (χ3n) is 5.60. The van der Waals surface area contributed by atoms with E-state index in [1.165, 1.54) is 5.01 Å². The average Bonchev–Trinajstić information content (AvgIpc) is 2.83. The van der Waals surface area contributed by atoms with Crippen LogP contribution >= 0.6 is 0 Å². The van der Waals surface area contributed by atoms with Gasteiger partial charge in [0, 0.05) is 23.2 Å². The van der Waals surface area contributed by atoms with E-state index in [-0.39, 0.29) is 29.8 Å². The molecule has 0 aromatic heterocycles. The van der Waals surface area contributed by atoms with Crippen molar-refractivity contribution in [2.24, 2.45) is 15.9 Å². The molecule has 8 heteroatoms. The molecule has 0 aliphatic carbocycles. The van der Waals surface area contributed by atoms with E-state index in [9.17, 15) is 9.59 Å². The maximum absolute atomic E-state index is 13.9. The molecule has 1 aliphatic heterocycles. The lowest BCUT2D eigenvalue weighted by Gasteiger charge is -2.38. The van der Waals surface area contributed by atoms with E-state index in [1.54, 1.807) is 12.1 Å². The minimum Gasteiger partial charge on any atom is -0.350 e. The molecule has 8 nitrogen and oxygen atoms in total. The number of urea groups is 2. The molecule has 1 heterocycles. The van der Waals surface area contributed by atoms with Gasteiger partial charge in [0.1, 0.15) is 0 Å². The molecule has 0 fully saturated rings. The summed E-state index contributed by atoms with van der Waals surface area (Å²) in [4.78, 5) is 28.0. The number of nitrogens with two attached hydrogens (primary N) is 1. The minimum atomic E-state index is -0.783. The summed E-state index contributed by atoms with van der Waals surface area (Å²) >= 11 is 0. The summed E-state index contributed by atoms with van der Waals surface area (Å²) in [6, 6.07) is 17.2. The summed E-state index contributed by atoms with van der Waals surface area (Å²) < 4.78 is 0. The van der Waals surface area contributed by atoms with Gasteiger partial charge in [0.2, 0.25) is 0 Å². The number of amides is 4. The second kappa shape index (κ2) is 10.1. The Hall–Kier alpha value is -3.68. The molecular weight excluding hydrogens is 404 g/mol. The molecule has 168 valence electrons. The minimum absolute atomic E-state index is 0.000909. The van der Waals surface area contributed by atoms with E-state index in [0.717, 1.165) is 17.9 Å². The molecule has 4 amide bonds. The second-order valence-corrected chi connectivity index (χ2v) is 7.75. The van der Waals surface area contributed by atoms with Crippen LogP contribution in [0.3, 0.4) is 0 Å². The first-order chi connectivity index (χ1) is 15.4. The van der Waals surface area contributed by atoms with Gasteiger partial charge in [-0.15, -0.1) is 10.2 Å². The molecule has 0 saturated carbocycles. The first-order valence-electron chi connectivity index (χ1n) is 10.9. The van der Waals surface area contributed by atoms with E-state index in [1.807, 2.05) is 81.1 Å². The van der Waals surface area contributed by atoms with Gasteiger partial charge in [-0.2, -0.15) is 10.0 Å². The Labute approximate surface area is 189 Å². The Balaban J connectivity index is 2.17. The molecular formula is C24H30N6O2. The molecule has 0 spiro atoms. The van der Waals surface area contributed by atoms with Crippen LogP contribution in [0.15, 0.2) is 70.9 Å². The number of rotatable bonds is 6. The van der Waals surface area contributed by atoms with Crippen LogP contribution in [0, 0.1) is 0 Å². The predicted octanol–water partition coefficient (Wildman–Crippen LogP) is 4.43. The van der Waals surface area contributed by atoms with Crippen molar-refractivity contribution >= 4 is 23.7 Å². The Morgan fingerprint density at radius 1 is 0.812 bits per heavy atom. The molecule has 3 rings (SSSR count). The highest BCUT2D eigenvalue weighted by Crippen LogP contribution is 2.22. The highest BCUT2D eigenvalue weighted by atomic mass is 16.2. The zero-order chi connectivity index (χ0) is 23.3. The number of carbonyl (C=O) groups is 2. The van der Waals surface area contributed by atoms with Crippen molar-refractivity contribution in [2.75, 3.05) is 0 Å². The predicted molar refractivity (Wildman–Crippen MR) is 126 cm³/mol. The second-order valence-electron chi connectivity index (χ2n) is 7.75. The smallest absolute Gasteiger partial charge is 0.347 e. The first-order valence-corrected chi connectivity index (χ1v) is 10.9. The molecule has 0 saturated heterocycles.